The maximum Gasteiger partial charge on any atom is 0.0532 e. The molecule has 4 heteroatoms. The van der Waals surface area contributed by atoms with Crippen molar-refractivity contribution in [2.24, 2.45) is 5.73 Å². The Bertz CT molecular complexity index is 380. The first-order valence-electron chi connectivity index (χ1n) is 4.62. The highest BCUT2D eigenvalue weighted by atomic mass is 79.9. The predicted octanol–water partition coefficient (Wildman–Crippen LogP) is 2.35. The molecule has 14 heavy (non-hydrogen) atoms. The maximum absolute atomic E-state index is 11.8. The standard InChI is InChI=1S/C10H12BrNOS/c11-7-3-4-10-8(6-7)9(12)2-1-5-14(10)13/h3-4,6,9H,1-2,5,12H2. The molecular formula is C10H12BrNOS. The Morgan fingerprint density at radius 2 is 2.29 bits per heavy atom. The molecule has 1 aliphatic rings. The first-order valence-corrected chi connectivity index (χ1v) is 6.73. The lowest BCUT2D eigenvalue weighted by molar-refractivity contribution is 0.639. The third kappa shape index (κ3) is 1.92. The molecule has 0 aromatic heterocycles. The van der Waals surface area contributed by atoms with Crippen LogP contribution in [-0.2, 0) is 10.8 Å². The van der Waals surface area contributed by atoms with Crippen molar-refractivity contribution in [1.29, 1.82) is 0 Å². The average molecular weight is 274 g/mol. The number of nitrogens with two attached hydrogens (primary N) is 1. The molecule has 2 N–H and O–H groups in total. The number of halogens is 1. The lowest BCUT2D eigenvalue weighted by Gasteiger charge is -2.11. The van der Waals surface area contributed by atoms with E-state index < -0.39 is 10.8 Å². The van der Waals surface area contributed by atoms with Gasteiger partial charge >= 0.3 is 0 Å². The van der Waals surface area contributed by atoms with E-state index in [-0.39, 0.29) is 6.04 Å². The summed E-state index contributed by atoms with van der Waals surface area (Å²) >= 11 is 3.41. The van der Waals surface area contributed by atoms with E-state index in [9.17, 15) is 4.21 Å². The molecule has 2 unspecified atom stereocenters. The van der Waals surface area contributed by atoms with Crippen LogP contribution >= 0.6 is 15.9 Å². The van der Waals surface area contributed by atoms with E-state index in [1.165, 1.54) is 0 Å². The smallest absolute Gasteiger partial charge is 0.0532 e. The van der Waals surface area contributed by atoms with Crippen LogP contribution in [0.15, 0.2) is 27.6 Å². The highest BCUT2D eigenvalue weighted by molar-refractivity contribution is 9.10. The molecule has 2 nitrogen and oxygen atoms in total. The molecule has 0 radical (unpaired) electrons. The highest BCUT2D eigenvalue weighted by Crippen LogP contribution is 2.29. The van der Waals surface area contributed by atoms with E-state index >= 15 is 0 Å². The zero-order valence-corrected chi connectivity index (χ0v) is 10.1. The summed E-state index contributed by atoms with van der Waals surface area (Å²) in [7, 11) is -0.862. The van der Waals surface area contributed by atoms with Gasteiger partial charge in [-0.25, -0.2) is 0 Å². The van der Waals surface area contributed by atoms with Gasteiger partial charge in [-0.05, 0) is 36.6 Å². The lowest BCUT2D eigenvalue weighted by Crippen LogP contribution is -2.10. The summed E-state index contributed by atoms with van der Waals surface area (Å²) in [6.45, 7) is 0. The van der Waals surface area contributed by atoms with Crippen LogP contribution in [0.3, 0.4) is 0 Å². The molecular weight excluding hydrogens is 262 g/mol. The van der Waals surface area contributed by atoms with Gasteiger partial charge in [-0.15, -0.1) is 0 Å². The van der Waals surface area contributed by atoms with E-state index in [0.29, 0.717) is 0 Å². The van der Waals surface area contributed by atoms with Crippen LogP contribution in [0.5, 0.6) is 0 Å². The Balaban J connectivity index is 2.54. The Kier molecular flexibility index (Phi) is 3.04. The zero-order valence-electron chi connectivity index (χ0n) is 7.70. The molecule has 0 spiro atoms. The van der Waals surface area contributed by atoms with E-state index in [4.69, 9.17) is 5.73 Å². The second-order valence-corrected chi connectivity index (χ2v) is 5.94. The van der Waals surface area contributed by atoms with Crippen molar-refractivity contribution in [3.8, 4) is 0 Å². The van der Waals surface area contributed by atoms with Crippen LogP contribution in [0.25, 0.3) is 0 Å². The Morgan fingerprint density at radius 1 is 1.50 bits per heavy atom. The Hall–Kier alpha value is -0.190. The fraction of sp³-hybridized carbons (Fsp3) is 0.400. The minimum absolute atomic E-state index is 0.0361. The molecule has 0 bridgehead atoms. The van der Waals surface area contributed by atoms with Crippen LogP contribution in [0.4, 0.5) is 0 Å². The molecule has 1 aromatic carbocycles. The molecule has 0 aliphatic carbocycles. The molecule has 0 fully saturated rings. The second kappa shape index (κ2) is 4.13. The molecule has 0 saturated heterocycles. The van der Waals surface area contributed by atoms with Crippen LogP contribution in [0, 0.1) is 0 Å². The van der Waals surface area contributed by atoms with E-state index in [1.54, 1.807) is 0 Å². The number of fused-ring (bicyclic) bond motifs is 1. The molecule has 2 atom stereocenters. The summed E-state index contributed by atoms with van der Waals surface area (Å²) in [4.78, 5) is 0.915. The number of hydrogen-bond acceptors (Lipinski definition) is 2. The molecule has 76 valence electrons. The normalized spacial score (nSPS) is 26.7. The van der Waals surface area contributed by atoms with Crippen molar-refractivity contribution >= 4 is 26.7 Å². The van der Waals surface area contributed by atoms with Gasteiger partial charge < -0.3 is 5.73 Å². The van der Waals surface area contributed by atoms with Gasteiger partial charge in [-0.3, -0.25) is 4.21 Å². The van der Waals surface area contributed by atoms with Gasteiger partial charge in [-0.1, -0.05) is 15.9 Å². The largest absolute Gasteiger partial charge is 0.324 e. The van der Waals surface area contributed by atoms with Crippen LogP contribution < -0.4 is 5.73 Å². The van der Waals surface area contributed by atoms with Gasteiger partial charge in [0.25, 0.3) is 0 Å². The van der Waals surface area contributed by atoms with Crippen molar-refractivity contribution in [3.63, 3.8) is 0 Å². The van der Waals surface area contributed by atoms with Gasteiger partial charge in [0, 0.05) is 21.2 Å². The van der Waals surface area contributed by atoms with Crippen molar-refractivity contribution in [3.05, 3.63) is 28.2 Å². The minimum atomic E-state index is -0.862. The fourth-order valence-electron chi connectivity index (χ4n) is 1.72. The van der Waals surface area contributed by atoms with E-state index in [1.807, 2.05) is 18.2 Å². The third-order valence-electron chi connectivity index (χ3n) is 2.46. The summed E-state index contributed by atoms with van der Waals surface area (Å²) in [5, 5.41) is 0. The molecule has 1 aromatic rings. The molecule has 2 rings (SSSR count). The predicted molar refractivity (Wildman–Crippen MR) is 61.6 cm³/mol. The van der Waals surface area contributed by atoms with Crippen molar-refractivity contribution in [2.75, 3.05) is 5.75 Å². The van der Waals surface area contributed by atoms with Crippen molar-refractivity contribution in [1.82, 2.24) is 0 Å². The summed E-state index contributed by atoms with van der Waals surface area (Å²) in [6, 6.07) is 5.87. The molecule has 0 amide bonds. The van der Waals surface area contributed by atoms with Crippen LogP contribution in [0.2, 0.25) is 0 Å². The fourth-order valence-corrected chi connectivity index (χ4v) is 3.44. The molecule has 1 aliphatic heterocycles. The SMILES string of the molecule is NC1CCCS(=O)c2ccc(Br)cc21. The highest BCUT2D eigenvalue weighted by Gasteiger charge is 2.19. The zero-order chi connectivity index (χ0) is 10.1. The van der Waals surface area contributed by atoms with Crippen LogP contribution in [0.1, 0.15) is 24.4 Å². The van der Waals surface area contributed by atoms with E-state index in [2.05, 4.69) is 15.9 Å². The minimum Gasteiger partial charge on any atom is -0.324 e. The summed E-state index contributed by atoms with van der Waals surface area (Å²) < 4.78 is 12.8. The topological polar surface area (TPSA) is 43.1 Å². The number of hydrogen-bond donors (Lipinski definition) is 1. The number of benzene rings is 1. The van der Waals surface area contributed by atoms with Gasteiger partial charge in [0.15, 0.2) is 0 Å². The lowest BCUT2D eigenvalue weighted by atomic mass is 10.0. The Labute approximate surface area is 94.5 Å². The van der Waals surface area contributed by atoms with Crippen molar-refractivity contribution < 1.29 is 4.21 Å². The summed E-state index contributed by atoms with van der Waals surface area (Å²) in [5.74, 6) is 0.738. The quantitative estimate of drug-likeness (QED) is 0.789. The third-order valence-corrected chi connectivity index (χ3v) is 4.48. The average Bonchev–Trinajstić information content (AvgIpc) is 2.28. The maximum atomic E-state index is 11.8. The monoisotopic (exact) mass is 273 g/mol. The second-order valence-electron chi connectivity index (χ2n) is 3.48. The Morgan fingerprint density at radius 3 is 3.07 bits per heavy atom. The molecule has 0 saturated carbocycles. The van der Waals surface area contributed by atoms with Gasteiger partial charge in [0.05, 0.1) is 10.8 Å². The first-order chi connectivity index (χ1) is 6.68. The molecule has 1 heterocycles. The summed E-state index contributed by atoms with van der Waals surface area (Å²) in [5.41, 5.74) is 7.06. The van der Waals surface area contributed by atoms with Crippen molar-refractivity contribution in [2.45, 2.75) is 23.8 Å². The van der Waals surface area contributed by atoms with Gasteiger partial charge in [0.1, 0.15) is 0 Å². The first kappa shape index (κ1) is 10.3. The number of rotatable bonds is 0. The van der Waals surface area contributed by atoms with Gasteiger partial charge in [0.2, 0.25) is 0 Å². The van der Waals surface area contributed by atoms with Gasteiger partial charge in [-0.2, -0.15) is 0 Å². The van der Waals surface area contributed by atoms with Crippen LogP contribution in [-0.4, -0.2) is 9.96 Å². The van der Waals surface area contributed by atoms with E-state index in [0.717, 1.165) is 33.5 Å². The summed E-state index contributed by atoms with van der Waals surface area (Å²) in [6.07, 6.45) is 1.87.